The fourth-order valence-electron chi connectivity index (χ4n) is 1.52. The molecule has 1 aromatic carbocycles. The van der Waals surface area contributed by atoms with E-state index < -0.39 is 0 Å². The molecule has 0 aliphatic heterocycles. The second kappa shape index (κ2) is 5.78. The summed E-state index contributed by atoms with van der Waals surface area (Å²) in [5, 5.41) is 0. The van der Waals surface area contributed by atoms with E-state index in [1.807, 2.05) is 12.1 Å². The van der Waals surface area contributed by atoms with Crippen LogP contribution in [-0.4, -0.2) is 6.10 Å². The predicted molar refractivity (Wildman–Crippen MR) is 69.9 cm³/mol. The first-order valence-electron chi connectivity index (χ1n) is 6.14. The Kier molecular flexibility index (Phi) is 4.66. The second-order valence-corrected chi connectivity index (χ2v) is 4.44. The van der Waals surface area contributed by atoms with Crippen molar-refractivity contribution in [3.05, 3.63) is 23.8 Å². The lowest BCUT2D eigenvalue weighted by Gasteiger charge is -2.16. The van der Waals surface area contributed by atoms with Crippen molar-refractivity contribution in [2.45, 2.75) is 52.6 Å². The van der Waals surface area contributed by atoms with Gasteiger partial charge in [-0.3, -0.25) is 0 Å². The number of rotatable bonds is 5. The molecule has 2 atom stereocenters. The molecule has 0 fully saturated rings. The van der Waals surface area contributed by atoms with Gasteiger partial charge in [0.2, 0.25) is 0 Å². The first-order chi connectivity index (χ1) is 7.58. The molecule has 2 N–H and O–H groups in total. The van der Waals surface area contributed by atoms with Crippen LogP contribution in [0.4, 0.5) is 5.69 Å². The number of nitrogen functional groups attached to an aromatic ring is 1. The van der Waals surface area contributed by atoms with Crippen LogP contribution in [0.5, 0.6) is 5.75 Å². The van der Waals surface area contributed by atoms with Gasteiger partial charge in [-0.1, -0.05) is 26.8 Å². The van der Waals surface area contributed by atoms with Gasteiger partial charge in [0.15, 0.2) is 0 Å². The van der Waals surface area contributed by atoms with E-state index in [0.717, 1.165) is 24.3 Å². The van der Waals surface area contributed by atoms with Crippen molar-refractivity contribution in [3.63, 3.8) is 0 Å². The predicted octanol–water partition coefficient (Wildman–Crippen LogP) is 3.96. The highest BCUT2D eigenvalue weighted by Gasteiger charge is 2.08. The summed E-state index contributed by atoms with van der Waals surface area (Å²) in [4.78, 5) is 0. The van der Waals surface area contributed by atoms with Crippen molar-refractivity contribution in [1.82, 2.24) is 0 Å². The maximum atomic E-state index is 5.99. The van der Waals surface area contributed by atoms with E-state index in [0.29, 0.717) is 5.92 Å². The van der Waals surface area contributed by atoms with Crippen LogP contribution in [0.1, 0.15) is 52.0 Å². The maximum absolute atomic E-state index is 5.99. The van der Waals surface area contributed by atoms with Crippen LogP contribution in [0.2, 0.25) is 0 Å². The molecule has 1 aromatic rings. The molecule has 2 unspecified atom stereocenters. The van der Waals surface area contributed by atoms with E-state index in [1.54, 1.807) is 0 Å². The Morgan fingerprint density at radius 1 is 1.19 bits per heavy atom. The van der Waals surface area contributed by atoms with Crippen LogP contribution in [-0.2, 0) is 0 Å². The van der Waals surface area contributed by atoms with Crippen molar-refractivity contribution in [1.29, 1.82) is 0 Å². The smallest absolute Gasteiger partial charge is 0.142 e. The molecule has 90 valence electrons. The van der Waals surface area contributed by atoms with Crippen LogP contribution in [0.15, 0.2) is 18.2 Å². The van der Waals surface area contributed by atoms with Crippen LogP contribution < -0.4 is 10.5 Å². The van der Waals surface area contributed by atoms with Gasteiger partial charge in [-0.25, -0.2) is 0 Å². The molecule has 0 spiro atoms. The third-order valence-electron chi connectivity index (χ3n) is 3.12. The van der Waals surface area contributed by atoms with Crippen molar-refractivity contribution in [2.75, 3.05) is 5.73 Å². The molecule has 0 saturated carbocycles. The Morgan fingerprint density at radius 2 is 1.88 bits per heavy atom. The van der Waals surface area contributed by atoms with Gasteiger partial charge in [-0.05, 0) is 43.4 Å². The molecule has 0 aromatic heterocycles. The Morgan fingerprint density at radius 3 is 2.38 bits per heavy atom. The molecule has 16 heavy (non-hydrogen) atoms. The van der Waals surface area contributed by atoms with E-state index in [1.165, 1.54) is 5.56 Å². The van der Waals surface area contributed by atoms with Gasteiger partial charge in [0.25, 0.3) is 0 Å². The first-order valence-corrected chi connectivity index (χ1v) is 6.14. The summed E-state index contributed by atoms with van der Waals surface area (Å²) in [6.45, 7) is 8.56. The van der Waals surface area contributed by atoms with Crippen molar-refractivity contribution in [3.8, 4) is 5.75 Å². The summed E-state index contributed by atoms with van der Waals surface area (Å²) in [5.74, 6) is 1.36. The highest BCUT2D eigenvalue weighted by atomic mass is 16.5. The van der Waals surface area contributed by atoms with Crippen LogP contribution >= 0.6 is 0 Å². The van der Waals surface area contributed by atoms with Crippen LogP contribution in [0.3, 0.4) is 0 Å². The Bertz CT molecular complexity index is 336. The summed E-state index contributed by atoms with van der Waals surface area (Å²) in [6, 6.07) is 6.14. The zero-order chi connectivity index (χ0) is 12.1. The van der Waals surface area contributed by atoms with Gasteiger partial charge in [-0.2, -0.15) is 0 Å². The summed E-state index contributed by atoms with van der Waals surface area (Å²) >= 11 is 0. The first kappa shape index (κ1) is 12.9. The van der Waals surface area contributed by atoms with Gasteiger partial charge < -0.3 is 10.5 Å². The average molecular weight is 221 g/mol. The minimum Gasteiger partial charge on any atom is -0.489 e. The zero-order valence-corrected chi connectivity index (χ0v) is 10.8. The van der Waals surface area contributed by atoms with E-state index in [4.69, 9.17) is 10.5 Å². The molecule has 2 heteroatoms. The monoisotopic (exact) mass is 221 g/mol. The molecular weight excluding hydrogens is 198 g/mol. The summed E-state index contributed by atoms with van der Waals surface area (Å²) in [5.41, 5.74) is 8.03. The third kappa shape index (κ3) is 3.16. The van der Waals surface area contributed by atoms with Crippen LogP contribution in [0.25, 0.3) is 0 Å². The molecule has 0 radical (unpaired) electrons. The average Bonchev–Trinajstić information content (AvgIpc) is 2.30. The van der Waals surface area contributed by atoms with Gasteiger partial charge in [0.1, 0.15) is 5.75 Å². The summed E-state index contributed by atoms with van der Waals surface area (Å²) in [7, 11) is 0. The summed E-state index contributed by atoms with van der Waals surface area (Å²) < 4.78 is 5.74. The standard InChI is InChI=1S/C14H23NO/c1-5-10(3)12-7-8-14(13(15)9-12)16-11(4)6-2/h7-11H,5-6,15H2,1-4H3. The second-order valence-electron chi connectivity index (χ2n) is 4.44. The minimum atomic E-state index is 0.219. The summed E-state index contributed by atoms with van der Waals surface area (Å²) in [6.07, 6.45) is 2.34. The normalized spacial score (nSPS) is 14.5. The molecule has 0 saturated heterocycles. The topological polar surface area (TPSA) is 35.2 Å². The van der Waals surface area contributed by atoms with E-state index in [-0.39, 0.29) is 6.10 Å². The zero-order valence-electron chi connectivity index (χ0n) is 10.8. The maximum Gasteiger partial charge on any atom is 0.142 e. The quantitative estimate of drug-likeness (QED) is 0.764. The molecule has 0 amide bonds. The van der Waals surface area contributed by atoms with Gasteiger partial charge in [0, 0.05) is 0 Å². The van der Waals surface area contributed by atoms with Crippen LogP contribution in [0, 0.1) is 0 Å². The van der Waals surface area contributed by atoms with E-state index >= 15 is 0 Å². The third-order valence-corrected chi connectivity index (χ3v) is 3.12. The molecule has 0 bridgehead atoms. The lowest BCUT2D eigenvalue weighted by Crippen LogP contribution is -2.11. The van der Waals surface area contributed by atoms with E-state index in [9.17, 15) is 0 Å². The lowest BCUT2D eigenvalue weighted by atomic mass is 9.98. The highest BCUT2D eigenvalue weighted by molar-refractivity contribution is 5.54. The fraction of sp³-hybridized carbons (Fsp3) is 0.571. The number of anilines is 1. The van der Waals surface area contributed by atoms with Crippen molar-refractivity contribution < 1.29 is 4.74 Å². The SMILES string of the molecule is CCC(C)Oc1ccc(C(C)CC)cc1N. The highest BCUT2D eigenvalue weighted by Crippen LogP contribution is 2.28. The molecule has 1 rings (SSSR count). The van der Waals surface area contributed by atoms with Crippen molar-refractivity contribution >= 4 is 5.69 Å². The lowest BCUT2D eigenvalue weighted by molar-refractivity contribution is 0.218. The Hall–Kier alpha value is -1.18. The number of ether oxygens (including phenoxy) is 1. The number of nitrogens with two attached hydrogens (primary N) is 1. The molecule has 2 nitrogen and oxygen atoms in total. The van der Waals surface area contributed by atoms with Gasteiger partial charge in [0.05, 0.1) is 11.8 Å². The number of hydrogen-bond donors (Lipinski definition) is 1. The molecular formula is C14H23NO. The van der Waals surface area contributed by atoms with Crippen molar-refractivity contribution in [2.24, 2.45) is 0 Å². The van der Waals surface area contributed by atoms with Gasteiger partial charge >= 0.3 is 0 Å². The molecule has 0 heterocycles. The minimum absolute atomic E-state index is 0.219. The number of hydrogen-bond acceptors (Lipinski definition) is 2. The van der Waals surface area contributed by atoms with Gasteiger partial charge in [-0.15, -0.1) is 0 Å². The number of benzene rings is 1. The molecule has 0 aliphatic carbocycles. The largest absolute Gasteiger partial charge is 0.489 e. The van der Waals surface area contributed by atoms with E-state index in [2.05, 4.69) is 33.8 Å². The Balaban J connectivity index is 2.83. The molecule has 0 aliphatic rings. The Labute approximate surface area is 98.8 Å². The fourth-order valence-corrected chi connectivity index (χ4v) is 1.52.